The van der Waals surface area contributed by atoms with E-state index in [1.807, 2.05) is 0 Å². The number of ether oxygens (including phenoxy) is 2. The van der Waals surface area contributed by atoms with E-state index in [4.69, 9.17) is 14.6 Å². The van der Waals surface area contributed by atoms with Crippen LogP contribution in [0.1, 0.15) is 47.0 Å². The van der Waals surface area contributed by atoms with Gasteiger partial charge in [0.25, 0.3) is 6.08 Å². The van der Waals surface area contributed by atoms with Crippen LogP contribution in [0.2, 0.25) is 0 Å². The lowest BCUT2D eigenvalue weighted by atomic mass is 9.86. The van der Waals surface area contributed by atoms with Crippen LogP contribution in [0, 0.1) is 0 Å². The van der Waals surface area contributed by atoms with Gasteiger partial charge in [0, 0.05) is 18.7 Å². The molecule has 1 aliphatic heterocycles. The van der Waals surface area contributed by atoms with Gasteiger partial charge in [-0.25, -0.2) is 9.59 Å². The van der Waals surface area contributed by atoms with Gasteiger partial charge in [0.15, 0.2) is 5.54 Å². The molecule has 0 saturated carbocycles. The summed E-state index contributed by atoms with van der Waals surface area (Å²) >= 11 is 0. The number of nitrogens with zero attached hydrogens (tertiary/aromatic N) is 1. The zero-order chi connectivity index (χ0) is 18.5. The Morgan fingerprint density at radius 2 is 1.96 bits per heavy atom. The molecule has 0 aliphatic carbocycles. The summed E-state index contributed by atoms with van der Waals surface area (Å²) in [7, 11) is 0. The lowest BCUT2D eigenvalue weighted by Crippen LogP contribution is -2.56. The minimum Gasteiger partial charge on any atom is -0.464 e. The normalized spacial score (nSPS) is 21.0. The lowest BCUT2D eigenvalue weighted by Gasteiger charge is -2.37. The summed E-state index contributed by atoms with van der Waals surface area (Å²) in [4.78, 5) is 26.0. The number of carbonyl (C=O) groups excluding carboxylic acids is 2. The van der Waals surface area contributed by atoms with Gasteiger partial charge >= 0.3 is 12.1 Å². The molecular formula is C16H25F2NO5. The van der Waals surface area contributed by atoms with Crippen LogP contribution in [0.15, 0.2) is 11.7 Å². The molecule has 1 unspecified atom stereocenters. The second-order valence-electron chi connectivity index (χ2n) is 6.53. The van der Waals surface area contributed by atoms with Crippen molar-refractivity contribution in [2.45, 2.75) is 58.1 Å². The molecule has 1 fully saturated rings. The second kappa shape index (κ2) is 7.92. The van der Waals surface area contributed by atoms with Gasteiger partial charge in [-0.05, 0) is 47.0 Å². The first-order chi connectivity index (χ1) is 11.1. The number of amides is 1. The standard InChI is InChI=1S/C16H25F2NO5/c1-5-23-13(21)16(8-6-10-20)11(12(17)18)7-9-19(16)14(22)24-15(2,3)4/h20H,5-10H2,1-4H3. The summed E-state index contributed by atoms with van der Waals surface area (Å²) in [5, 5.41) is 9.10. The molecule has 24 heavy (non-hydrogen) atoms. The van der Waals surface area contributed by atoms with Gasteiger partial charge in [-0.2, -0.15) is 8.78 Å². The Balaban J connectivity index is 3.36. The van der Waals surface area contributed by atoms with E-state index in [0.29, 0.717) is 0 Å². The van der Waals surface area contributed by atoms with E-state index in [-0.39, 0.29) is 39.0 Å². The zero-order valence-electron chi connectivity index (χ0n) is 14.5. The van der Waals surface area contributed by atoms with E-state index in [0.717, 1.165) is 4.90 Å². The van der Waals surface area contributed by atoms with E-state index >= 15 is 0 Å². The molecule has 6 nitrogen and oxygen atoms in total. The molecule has 1 saturated heterocycles. The minimum absolute atomic E-state index is 0.0109. The van der Waals surface area contributed by atoms with Crippen LogP contribution < -0.4 is 0 Å². The molecule has 1 heterocycles. The molecule has 1 N–H and O–H groups in total. The van der Waals surface area contributed by atoms with Gasteiger partial charge in [-0.1, -0.05) is 0 Å². The SMILES string of the molecule is CCOC(=O)C1(CCCO)C(=C(F)F)CCN1C(=O)OC(C)(C)C. The average Bonchev–Trinajstić information content (AvgIpc) is 2.84. The maximum atomic E-state index is 13.5. The van der Waals surface area contributed by atoms with Gasteiger partial charge < -0.3 is 14.6 Å². The van der Waals surface area contributed by atoms with Crippen molar-refractivity contribution in [1.29, 1.82) is 0 Å². The number of aliphatic hydroxyl groups is 1. The van der Waals surface area contributed by atoms with Crippen LogP contribution in [0.4, 0.5) is 13.6 Å². The molecule has 138 valence electrons. The molecule has 1 aliphatic rings. The molecule has 0 aromatic rings. The highest BCUT2D eigenvalue weighted by molar-refractivity contribution is 5.90. The highest BCUT2D eigenvalue weighted by atomic mass is 19.3. The smallest absolute Gasteiger partial charge is 0.411 e. The number of hydrogen-bond donors (Lipinski definition) is 1. The van der Waals surface area contributed by atoms with Gasteiger partial charge in [-0.3, -0.25) is 4.90 Å². The largest absolute Gasteiger partial charge is 0.464 e. The predicted molar refractivity (Wildman–Crippen MR) is 82.5 cm³/mol. The number of rotatable bonds is 5. The third kappa shape index (κ3) is 4.23. The maximum Gasteiger partial charge on any atom is 0.411 e. The predicted octanol–water partition coefficient (Wildman–Crippen LogP) is 2.85. The third-order valence-corrected chi connectivity index (χ3v) is 3.70. The molecule has 0 aromatic heterocycles. The van der Waals surface area contributed by atoms with Crippen molar-refractivity contribution >= 4 is 12.1 Å². The second-order valence-corrected chi connectivity index (χ2v) is 6.53. The number of hydrogen-bond acceptors (Lipinski definition) is 5. The van der Waals surface area contributed by atoms with Crippen LogP contribution in [-0.4, -0.2) is 53.0 Å². The summed E-state index contributed by atoms with van der Waals surface area (Å²) in [5.74, 6) is -0.926. The van der Waals surface area contributed by atoms with E-state index in [2.05, 4.69) is 0 Å². The van der Waals surface area contributed by atoms with Gasteiger partial charge in [0.1, 0.15) is 5.60 Å². The summed E-state index contributed by atoms with van der Waals surface area (Å²) in [5.41, 5.74) is -3.21. The van der Waals surface area contributed by atoms with Crippen molar-refractivity contribution in [3.63, 3.8) is 0 Å². The minimum atomic E-state index is -2.01. The van der Waals surface area contributed by atoms with E-state index in [9.17, 15) is 18.4 Å². The van der Waals surface area contributed by atoms with Crippen molar-refractivity contribution in [1.82, 2.24) is 4.90 Å². The number of aliphatic hydroxyl groups excluding tert-OH is 1. The van der Waals surface area contributed by atoms with Crippen molar-refractivity contribution in [3.8, 4) is 0 Å². The maximum absolute atomic E-state index is 13.5. The number of likely N-dealkylation sites (tertiary alicyclic amines) is 1. The van der Waals surface area contributed by atoms with Gasteiger partial charge in [-0.15, -0.1) is 0 Å². The third-order valence-electron chi connectivity index (χ3n) is 3.70. The Kier molecular flexibility index (Phi) is 6.71. The van der Waals surface area contributed by atoms with Crippen LogP contribution >= 0.6 is 0 Å². The Labute approximate surface area is 140 Å². The van der Waals surface area contributed by atoms with Crippen LogP contribution in [-0.2, 0) is 14.3 Å². The number of halogens is 2. The molecule has 1 atom stereocenters. The molecule has 0 radical (unpaired) electrons. The first-order valence-electron chi connectivity index (χ1n) is 7.93. The van der Waals surface area contributed by atoms with E-state index in [1.54, 1.807) is 27.7 Å². The van der Waals surface area contributed by atoms with E-state index < -0.39 is 34.9 Å². The van der Waals surface area contributed by atoms with Crippen molar-refractivity contribution in [2.75, 3.05) is 19.8 Å². The number of esters is 1. The Morgan fingerprint density at radius 3 is 2.42 bits per heavy atom. The topological polar surface area (TPSA) is 76.1 Å². The monoisotopic (exact) mass is 349 g/mol. The molecule has 8 heteroatoms. The highest BCUT2D eigenvalue weighted by Crippen LogP contribution is 2.42. The highest BCUT2D eigenvalue weighted by Gasteiger charge is 2.56. The van der Waals surface area contributed by atoms with Crippen LogP contribution in [0.3, 0.4) is 0 Å². The summed E-state index contributed by atoms with van der Waals surface area (Å²) in [6.45, 7) is 6.10. The fourth-order valence-electron chi connectivity index (χ4n) is 2.81. The average molecular weight is 349 g/mol. The van der Waals surface area contributed by atoms with Crippen LogP contribution in [0.5, 0.6) is 0 Å². The molecule has 1 rings (SSSR count). The summed E-state index contributed by atoms with van der Waals surface area (Å²) < 4.78 is 37.2. The van der Waals surface area contributed by atoms with Crippen molar-refractivity contribution in [3.05, 3.63) is 11.7 Å². The zero-order valence-corrected chi connectivity index (χ0v) is 14.5. The fraction of sp³-hybridized carbons (Fsp3) is 0.750. The van der Waals surface area contributed by atoms with Crippen molar-refractivity contribution < 1.29 is 33.0 Å². The fourth-order valence-corrected chi connectivity index (χ4v) is 2.81. The molecule has 1 amide bonds. The quantitative estimate of drug-likeness (QED) is 0.773. The molecule has 0 bridgehead atoms. The van der Waals surface area contributed by atoms with E-state index in [1.165, 1.54) is 0 Å². The molecular weight excluding hydrogens is 324 g/mol. The lowest BCUT2D eigenvalue weighted by molar-refractivity contribution is -0.154. The van der Waals surface area contributed by atoms with Gasteiger partial charge in [0.05, 0.1) is 6.61 Å². The number of carbonyl (C=O) groups is 2. The Bertz CT molecular complexity index is 511. The van der Waals surface area contributed by atoms with Crippen molar-refractivity contribution in [2.24, 2.45) is 0 Å². The first kappa shape index (κ1) is 20.3. The first-order valence-corrected chi connectivity index (χ1v) is 7.93. The summed E-state index contributed by atoms with van der Waals surface area (Å²) in [6, 6.07) is 0. The summed E-state index contributed by atoms with van der Waals surface area (Å²) in [6.07, 6.45) is -3.11. The Morgan fingerprint density at radius 1 is 1.33 bits per heavy atom. The molecule has 0 spiro atoms. The van der Waals surface area contributed by atoms with Gasteiger partial charge in [0.2, 0.25) is 0 Å². The van der Waals surface area contributed by atoms with Crippen LogP contribution in [0.25, 0.3) is 0 Å². The molecule has 0 aromatic carbocycles. The Hall–Kier alpha value is -1.70.